The topological polar surface area (TPSA) is 86.8 Å². The second-order valence-electron chi connectivity index (χ2n) is 4.85. The Balaban J connectivity index is 2.08. The molecule has 0 unspecified atom stereocenters. The summed E-state index contributed by atoms with van der Waals surface area (Å²) in [5.74, 6) is -6.60. The molecule has 1 saturated heterocycles. The Hall–Kier alpha value is -3.05. The van der Waals surface area contributed by atoms with Gasteiger partial charge in [0.1, 0.15) is 24.7 Å². The number of hydrogen-bond donors (Lipinski definition) is 1. The number of anilines is 1. The van der Waals surface area contributed by atoms with Gasteiger partial charge in [-0.05, 0) is 12.1 Å². The molecular formula is C13H8F5N3O4. The monoisotopic (exact) mass is 365 g/mol. The molecule has 1 N–H and O–H groups in total. The molecule has 7 nitrogen and oxygen atoms in total. The molecular weight excluding hydrogens is 357 g/mol. The Morgan fingerprint density at radius 3 is 2.20 bits per heavy atom. The third-order valence-corrected chi connectivity index (χ3v) is 2.98. The van der Waals surface area contributed by atoms with Crippen LogP contribution >= 0.6 is 0 Å². The van der Waals surface area contributed by atoms with Crippen molar-refractivity contribution in [3.05, 3.63) is 29.8 Å². The SMILES string of the molecule is O=C(CN1C(=O)C(=O)N(CC(F)(F)F)C1=O)Nc1ccc(F)cc1F. The van der Waals surface area contributed by atoms with E-state index in [4.69, 9.17) is 0 Å². The first-order valence-corrected chi connectivity index (χ1v) is 6.48. The van der Waals surface area contributed by atoms with Crippen LogP contribution in [0.4, 0.5) is 32.4 Å². The summed E-state index contributed by atoms with van der Waals surface area (Å²) in [6.45, 7) is -3.10. The van der Waals surface area contributed by atoms with Gasteiger partial charge in [-0.1, -0.05) is 0 Å². The highest BCUT2D eigenvalue weighted by atomic mass is 19.4. The molecule has 2 rings (SSSR count). The van der Waals surface area contributed by atoms with Crippen molar-refractivity contribution in [1.82, 2.24) is 9.80 Å². The van der Waals surface area contributed by atoms with Gasteiger partial charge in [0.25, 0.3) is 0 Å². The molecule has 0 aromatic heterocycles. The Labute approximate surface area is 136 Å². The van der Waals surface area contributed by atoms with Crippen LogP contribution in [0, 0.1) is 11.6 Å². The minimum Gasteiger partial charge on any atom is -0.322 e. The highest BCUT2D eigenvalue weighted by molar-refractivity contribution is 6.45. The summed E-state index contributed by atoms with van der Waals surface area (Å²) in [6, 6.07) is 0.509. The fraction of sp³-hybridized carbons (Fsp3) is 0.231. The van der Waals surface area contributed by atoms with Crippen molar-refractivity contribution < 1.29 is 41.1 Å². The summed E-state index contributed by atoms with van der Waals surface area (Å²) in [7, 11) is 0. The molecule has 1 aromatic carbocycles. The molecule has 134 valence electrons. The van der Waals surface area contributed by atoms with Crippen molar-refractivity contribution in [3.8, 4) is 0 Å². The number of hydrogen-bond acceptors (Lipinski definition) is 4. The first-order valence-electron chi connectivity index (χ1n) is 6.48. The zero-order valence-electron chi connectivity index (χ0n) is 12.1. The number of amides is 5. The second-order valence-corrected chi connectivity index (χ2v) is 4.85. The summed E-state index contributed by atoms with van der Waals surface area (Å²) in [5.41, 5.74) is -0.482. The predicted molar refractivity (Wildman–Crippen MR) is 69.9 cm³/mol. The molecule has 12 heteroatoms. The van der Waals surface area contributed by atoms with Crippen LogP contribution in [0.1, 0.15) is 0 Å². The first-order chi connectivity index (χ1) is 11.5. The van der Waals surface area contributed by atoms with E-state index >= 15 is 0 Å². The minimum atomic E-state index is -4.93. The van der Waals surface area contributed by atoms with Gasteiger partial charge in [0.15, 0.2) is 0 Å². The number of alkyl halides is 3. The van der Waals surface area contributed by atoms with E-state index in [0.29, 0.717) is 6.07 Å². The molecule has 25 heavy (non-hydrogen) atoms. The lowest BCUT2D eigenvalue weighted by atomic mass is 10.3. The lowest BCUT2D eigenvalue weighted by Crippen LogP contribution is -2.41. The highest BCUT2D eigenvalue weighted by Gasteiger charge is 2.49. The molecule has 1 fully saturated rings. The molecule has 0 spiro atoms. The Bertz CT molecular complexity index is 765. The molecule has 1 heterocycles. The minimum absolute atomic E-state index is 0.00909. The predicted octanol–water partition coefficient (Wildman–Crippen LogP) is 1.26. The van der Waals surface area contributed by atoms with Crippen LogP contribution in [-0.4, -0.2) is 52.8 Å². The third kappa shape index (κ3) is 4.08. The molecule has 0 bridgehead atoms. The Morgan fingerprint density at radius 2 is 1.64 bits per heavy atom. The average Bonchev–Trinajstić information content (AvgIpc) is 2.67. The van der Waals surface area contributed by atoms with Crippen LogP contribution in [0.2, 0.25) is 0 Å². The molecule has 1 aromatic rings. The van der Waals surface area contributed by atoms with E-state index in [9.17, 15) is 41.1 Å². The Kier molecular flexibility index (Phi) is 4.72. The summed E-state index contributed by atoms with van der Waals surface area (Å²) < 4.78 is 63.1. The maximum absolute atomic E-state index is 13.4. The number of carbonyl (C=O) groups excluding carboxylic acids is 4. The number of rotatable bonds is 4. The summed E-state index contributed by atoms with van der Waals surface area (Å²) >= 11 is 0. The van der Waals surface area contributed by atoms with E-state index in [0.717, 1.165) is 12.1 Å². The maximum Gasteiger partial charge on any atom is 0.406 e. The van der Waals surface area contributed by atoms with Crippen LogP contribution in [0.25, 0.3) is 0 Å². The van der Waals surface area contributed by atoms with Crippen LogP contribution in [0.15, 0.2) is 18.2 Å². The quantitative estimate of drug-likeness (QED) is 0.494. The zero-order chi connectivity index (χ0) is 18.9. The normalized spacial score (nSPS) is 15.2. The van der Waals surface area contributed by atoms with Crippen molar-refractivity contribution in [1.29, 1.82) is 0 Å². The van der Waals surface area contributed by atoms with E-state index in [1.807, 2.05) is 5.32 Å². The van der Waals surface area contributed by atoms with Gasteiger partial charge >= 0.3 is 24.0 Å². The van der Waals surface area contributed by atoms with Gasteiger partial charge in [-0.3, -0.25) is 14.4 Å². The number of carbonyl (C=O) groups is 4. The lowest BCUT2D eigenvalue weighted by molar-refractivity contribution is -0.156. The molecule has 0 atom stereocenters. The largest absolute Gasteiger partial charge is 0.406 e. The van der Waals surface area contributed by atoms with E-state index < -0.39 is 60.3 Å². The number of urea groups is 1. The average molecular weight is 365 g/mol. The van der Waals surface area contributed by atoms with Gasteiger partial charge in [-0.15, -0.1) is 0 Å². The zero-order valence-corrected chi connectivity index (χ0v) is 12.1. The van der Waals surface area contributed by atoms with Gasteiger partial charge in [0.05, 0.1) is 5.69 Å². The standard InChI is InChI=1S/C13H8F5N3O4/c14-6-1-2-8(7(15)3-6)19-9(22)4-20-10(23)11(24)21(12(20)25)5-13(16,17)18/h1-3H,4-5H2,(H,19,22). The summed E-state index contributed by atoms with van der Waals surface area (Å²) in [5, 5.41) is 1.90. The fourth-order valence-corrected chi connectivity index (χ4v) is 1.93. The first kappa shape index (κ1) is 18.3. The van der Waals surface area contributed by atoms with E-state index in [1.165, 1.54) is 0 Å². The van der Waals surface area contributed by atoms with Crippen molar-refractivity contribution in [2.45, 2.75) is 6.18 Å². The maximum atomic E-state index is 13.4. The number of imide groups is 2. The van der Waals surface area contributed by atoms with Crippen LogP contribution < -0.4 is 5.32 Å². The molecule has 0 radical (unpaired) electrons. The van der Waals surface area contributed by atoms with Crippen LogP contribution in [-0.2, 0) is 14.4 Å². The molecule has 1 aliphatic heterocycles. The molecule has 1 aliphatic rings. The summed E-state index contributed by atoms with van der Waals surface area (Å²) in [6.07, 6.45) is -4.93. The third-order valence-electron chi connectivity index (χ3n) is 2.98. The number of benzene rings is 1. The Morgan fingerprint density at radius 1 is 1.04 bits per heavy atom. The number of halogens is 5. The van der Waals surface area contributed by atoms with Crippen molar-refractivity contribution in [2.24, 2.45) is 0 Å². The highest BCUT2D eigenvalue weighted by Crippen LogP contribution is 2.21. The van der Waals surface area contributed by atoms with Crippen LogP contribution in [0.3, 0.4) is 0 Å². The van der Waals surface area contributed by atoms with Gasteiger partial charge in [-0.2, -0.15) is 13.2 Å². The van der Waals surface area contributed by atoms with Gasteiger partial charge in [0.2, 0.25) is 5.91 Å². The van der Waals surface area contributed by atoms with Gasteiger partial charge < -0.3 is 5.32 Å². The number of nitrogens with zero attached hydrogens (tertiary/aromatic N) is 2. The van der Waals surface area contributed by atoms with Gasteiger partial charge in [0, 0.05) is 6.07 Å². The van der Waals surface area contributed by atoms with Crippen LogP contribution in [0.5, 0.6) is 0 Å². The second kappa shape index (κ2) is 6.45. The van der Waals surface area contributed by atoms with Crippen molar-refractivity contribution in [2.75, 3.05) is 18.4 Å². The molecule has 0 saturated carbocycles. The fourth-order valence-electron chi connectivity index (χ4n) is 1.93. The van der Waals surface area contributed by atoms with E-state index in [2.05, 4.69) is 0 Å². The van der Waals surface area contributed by atoms with Crippen molar-refractivity contribution in [3.63, 3.8) is 0 Å². The molecule has 0 aliphatic carbocycles. The smallest absolute Gasteiger partial charge is 0.322 e. The van der Waals surface area contributed by atoms with E-state index in [1.54, 1.807) is 0 Å². The lowest BCUT2D eigenvalue weighted by Gasteiger charge is -2.16. The summed E-state index contributed by atoms with van der Waals surface area (Å²) in [4.78, 5) is 46.0. The molecule has 5 amide bonds. The van der Waals surface area contributed by atoms with Gasteiger partial charge in [-0.25, -0.2) is 23.4 Å². The number of nitrogens with one attached hydrogen (secondary N) is 1. The van der Waals surface area contributed by atoms with Crippen molar-refractivity contribution >= 4 is 29.4 Å². The van der Waals surface area contributed by atoms with E-state index in [-0.39, 0.29) is 9.80 Å².